The van der Waals surface area contributed by atoms with Gasteiger partial charge in [-0.3, -0.25) is 33.7 Å². The number of nitro groups is 1. The number of piperazine rings is 1. The third-order valence-corrected chi connectivity index (χ3v) is 6.21. The highest BCUT2D eigenvalue weighted by molar-refractivity contribution is 6.01. The molecule has 3 aromatic rings. The fourth-order valence-corrected chi connectivity index (χ4v) is 4.20. The number of carbonyl (C=O) groups excluding carboxylic acids is 1. The number of hydrogen-bond donors (Lipinski definition) is 1. The lowest BCUT2D eigenvalue weighted by Gasteiger charge is -2.35. The summed E-state index contributed by atoms with van der Waals surface area (Å²) in [7, 11) is 1.34. The van der Waals surface area contributed by atoms with Gasteiger partial charge in [0.2, 0.25) is 0 Å². The van der Waals surface area contributed by atoms with Crippen LogP contribution in [0.3, 0.4) is 0 Å². The number of aromatic nitrogens is 2. The van der Waals surface area contributed by atoms with Gasteiger partial charge in [-0.05, 0) is 17.7 Å². The molecule has 0 bridgehead atoms. The molecule has 0 unspecified atom stereocenters. The van der Waals surface area contributed by atoms with Gasteiger partial charge >= 0.3 is 5.69 Å². The van der Waals surface area contributed by atoms with Gasteiger partial charge < -0.3 is 10.6 Å². The van der Waals surface area contributed by atoms with Gasteiger partial charge in [-0.2, -0.15) is 0 Å². The number of benzene rings is 2. The molecule has 0 saturated carbocycles. The van der Waals surface area contributed by atoms with Gasteiger partial charge in [-0.25, -0.2) is 4.79 Å². The lowest BCUT2D eigenvalue weighted by molar-refractivity contribution is -0.384. The van der Waals surface area contributed by atoms with Crippen LogP contribution in [0.2, 0.25) is 0 Å². The van der Waals surface area contributed by atoms with E-state index in [4.69, 9.17) is 5.73 Å². The molecule has 2 heterocycles. The summed E-state index contributed by atoms with van der Waals surface area (Å²) in [4.78, 5) is 53.0. The number of ketones is 1. The van der Waals surface area contributed by atoms with Crippen LogP contribution >= 0.6 is 0 Å². The Hall–Kier alpha value is -4.25. The number of nitrogens with two attached hydrogens (primary N) is 1. The Morgan fingerprint density at radius 1 is 1.00 bits per heavy atom. The highest BCUT2D eigenvalue weighted by Crippen LogP contribution is 2.21. The quantitative estimate of drug-likeness (QED) is 0.303. The molecule has 1 aliphatic rings. The fraction of sp³-hybridized carbons (Fsp3) is 0.292. The lowest BCUT2D eigenvalue weighted by Crippen LogP contribution is -2.49. The molecule has 11 nitrogen and oxygen atoms in total. The monoisotopic (exact) mass is 478 g/mol. The van der Waals surface area contributed by atoms with E-state index in [1.165, 1.54) is 23.7 Å². The number of anilines is 2. The van der Waals surface area contributed by atoms with E-state index >= 15 is 0 Å². The van der Waals surface area contributed by atoms with E-state index in [1.54, 1.807) is 12.1 Å². The van der Waals surface area contributed by atoms with Crippen molar-refractivity contribution in [2.45, 2.75) is 6.54 Å². The maximum Gasteiger partial charge on any atom is 0.332 e. The molecule has 0 atom stereocenters. The molecule has 0 aliphatic carbocycles. The molecular weight excluding hydrogens is 452 g/mol. The van der Waals surface area contributed by atoms with Crippen molar-refractivity contribution in [3.05, 3.63) is 96.7 Å². The van der Waals surface area contributed by atoms with Crippen molar-refractivity contribution in [3.63, 3.8) is 0 Å². The first kappa shape index (κ1) is 23.9. The maximum absolute atomic E-state index is 13.1. The van der Waals surface area contributed by atoms with Crippen LogP contribution in [-0.2, 0) is 13.6 Å². The first-order valence-electron chi connectivity index (χ1n) is 11.1. The Bertz CT molecular complexity index is 1360. The highest BCUT2D eigenvalue weighted by atomic mass is 16.6. The van der Waals surface area contributed by atoms with Crippen molar-refractivity contribution >= 4 is 23.0 Å². The fourth-order valence-electron chi connectivity index (χ4n) is 4.20. The average Bonchev–Trinajstić information content (AvgIpc) is 2.86. The smallest absolute Gasteiger partial charge is 0.332 e. The van der Waals surface area contributed by atoms with E-state index in [2.05, 4.69) is 4.90 Å². The van der Waals surface area contributed by atoms with Crippen LogP contribution < -0.4 is 21.9 Å². The molecule has 1 aliphatic heterocycles. The molecule has 2 aromatic carbocycles. The molecule has 11 heteroatoms. The number of rotatable bonds is 7. The molecule has 0 radical (unpaired) electrons. The van der Waals surface area contributed by atoms with Crippen LogP contribution in [0.25, 0.3) is 0 Å². The van der Waals surface area contributed by atoms with E-state index in [9.17, 15) is 24.5 Å². The Labute approximate surface area is 200 Å². The zero-order chi connectivity index (χ0) is 25.1. The Morgan fingerprint density at radius 2 is 1.63 bits per heavy atom. The van der Waals surface area contributed by atoms with Crippen molar-refractivity contribution < 1.29 is 9.72 Å². The number of non-ortho nitro benzene ring substituents is 1. The Balaban J connectivity index is 1.48. The minimum Gasteiger partial charge on any atom is -0.384 e. The van der Waals surface area contributed by atoms with Crippen LogP contribution in [-0.4, -0.2) is 57.5 Å². The molecule has 0 spiro atoms. The van der Waals surface area contributed by atoms with E-state index in [0.29, 0.717) is 26.2 Å². The summed E-state index contributed by atoms with van der Waals surface area (Å²) in [6.45, 7) is 2.50. The topological polar surface area (TPSA) is 137 Å². The van der Waals surface area contributed by atoms with E-state index < -0.39 is 22.0 Å². The third-order valence-electron chi connectivity index (χ3n) is 6.21. The van der Waals surface area contributed by atoms with Gasteiger partial charge in [-0.1, -0.05) is 30.3 Å². The molecular formula is C24H26N6O5. The van der Waals surface area contributed by atoms with Crippen LogP contribution in [0.15, 0.2) is 64.2 Å². The third kappa shape index (κ3) is 4.99. The largest absolute Gasteiger partial charge is 0.384 e. The standard InChI is InChI=1S/C24H26N6O5/c1-26-23(32)21(22(25)29(24(26)33)15-17-5-3-2-4-6-17)20(31)16-27-11-13-28(14-12-27)18-7-9-19(10-8-18)30(34)35/h2-10H,11-16,25H2,1H3. The van der Waals surface area contributed by atoms with Crippen molar-refractivity contribution in [2.75, 3.05) is 43.4 Å². The van der Waals surface area contributed by atoms with Crippen molar-refractivity contribution in [1.29, 1.82) is 0 Å². The zero-order valence-corrected chi connectivity index (χ0v) is 19.3. The van der Waals surface area contributed by atoms with Crippen molar-refractivity contribution in [2.24, 2.45) is 7.05 Å². The zero-order valence-electron chi connectivity index (χ0n) is 19.3. The molecule has 1 aromatic heterocycles. The Kier molecular flexibility index (Phi) is 6.78. The molecule has 182 valence electrons. The number of Topliss-reactive ketones (excluding diaryl/α,β-unsaturated/α-hetero) is 1. The van der Waals surface area contributed by atoms with E-state index in [1.807, 2.05) is 35.2 Å². The van der Waals surface area contributed by atoms with E-state index in [-0.39, 0.29) is 30.2 Å². The molecule has 2 N–H and O–H groups in total. The predicted molar refractivity (Wildman–Crippen MR) is 132 cm³/mol. The van der Waals surface area contributed by atoms with Crippen molar-refractivity contribution in [1.82, 2.24) is 14.0 Å². The first-order chi connectivity index (χ1) is 16.8. The summed E-state index contributed by atoms with van der Waals surface area (Å²) < 4.78 is 2.16. The lowest BCUT2D eigenvalue weighted by atomic mass is 10.1. The van der Waals surface area contributed by atoms with Gasteiger partial charge in [0.05, 0.1) is 18.0 Å². The predicted octanol–water partition coefficient (Wildman–Crippen LogP) is 1.09. The van der Waals surface area contributed by atoms with Gasteiger partial charge in [-0.15, -0.1) is 0 Å². The molecule has 1 saturated heterocycles. The van der Waals surface area contributed by atoms with Crippen LogP contribution in [0.4, 0.5) is 17.2 Å². The van der Waals surface area contributed by atoms with E-state index in [0.717, 1.165) is 15.8 Å². The molecule has 4 rings (SSSR count). The summed E-state index contributed by atoms with van der Waals surface area (Å²) in [6.07, 6.45) is 0. The van der Waals surface area contributed by atoms with Gasteiger partial charge in [0.25, 0.3) is 11.2 Å². The maximum atomic E-state index is 13.1. The molecule has 1 fully saturated rings. The first-order valence-corrected chi connectivity index (χ1v) is 11.1. The second kappa shape index (κ2) is 9.94. The van der Waals surface area contributed by atoms with Crippen LogP contribution in [0.1, 0.15) is 15.9 Å². The normalized spacial score (nSPS) is 14.1. The van der Waals surface area contributed by atoms with Gasteiger partial charge in [0.1, 0.15) is 11.4 Å². The van der Waals surface area contributed by atoms with Crippen molar-refractivity contribution in [3.8, 4) is 0 Å². The summed E-state index contributed by atoms with van der Waals surface area (Å²) in [5.74, 6) is -0.565. The SMILES string of the molecule is Cn1c(=O)c(C(=O)CN2CCN(c3ccc([N+](=O)[O-])cc3)CC2)c(N)n(Cc2ccccc2)c1=O. The van der Waals surface area contributed by atoms with Gasteiger partial charge in [0, 0.05) is 51.0 Å². The second-order valence-electron chi connectivity index (χ2n) is 8.44. The number of nitro benzene ring substituents is 1. The second-order valence-corrected chi connectivity index (χ2v) is 8.44. The number of carbonyl (C=O) groups is 1. The number of nitrogen functional groups attached to an aromatic ring is 1. The highest BCUT2D eigenvalue weighted by Gasteiger charge is 2.25. The Morgan fingerprint density at radius 3 is 2.23 bits per heavy atom. The average molecular weight is 479 g/mol. The minimum atomic E-state index is -0.702. The summed E-state index contributed by atoms with van der Waals surface area (Å²) in [6, 6.07) is 15.5. The molecule has 35 heavy (non-hydrogen) atoms. The number of hydrogen-bond acceptors (Lipinski definition) is 8. The molecule has 0 amide bonds. The summed E-state index contributed by atoms with van der Waals surface area (Å²) >= 11 is 0. The summed E-state index contributed by atoms with van der Waals surface area (Å²) in [5, 5.41) is 10.9. The van der Waals surface area contributed by atoms with Gasteiger partial charge in [0.15, 0.2) is 5.78 Å². The minimum absolute atomic E-state index is 0.00289. The summed E-state index contributed by atoms with van der Waals surface area (Å²) in [5.41, 5.74) is 6.45. The van der Waals surface area contributed by atoms with Crippen LogP contribution in [0.5, 0.6) is 0 Å². The number of nitrogens with zero attached hydrogens (tertiary/aromatic N) is 5. The van der Waals surface area contributed by atoms with Crippen LogP contribution in [0, 0.1) is 10.1 Å².